The molecule has 0 amide bonds. The monoisotopic (exact) mass is 359 g/mol. The molecule has 1 heterocycles. The number of hydrogen-bond acceptors (Lipinski definition) is 4. The first-order chi connectivity index (χ1) is 13.1. The SMILES string of the molecule is COc1ccc2ccccc2c1-c1cc(C)n(-c2ccccc2[N+](=O)[O-])n1. The van der Waals surface area contributed by atoms with Gasteiger partial charge in [0.15, 0.2) is 0 Å². The van der Waals surface area contributed by atoms with E-state index in [9.17, 15) is 10.1 Å². The summed E-state index contributed by atoms with van der Waals surface area (Å²) in [4.78, 5) is 11.0. The molecule has 0 N–H and O–H groups in total. The predicted octanol–water partition coefficient (Wildman–Crippen LogP) is 4.92. The van der Waals surface area contributed by atoms with E-state index in [2.05, 4.69) is 5.10 Å². The van der Waals surface area contributed by atoms with Gasteiger partial charge >= 0.3 is 0 Å². The predicted molar refractivity (Wildman–Crippen MR) is 104 cm³/mol. The summed E-state index contributed by atoms with van der Waals surface area (Å²) in [6.45, 7) is 1.88. The molecule has 6 nitrogen and oxygen atoms in total. The largest absolute Gasteiger partial charge is 0.496 e. The lowest BCUT2D eigenvalue weighted by atomic mass is 10.0. The highest BCUT2D eigenvalue weighted by atomic mass is 16.6. The lowest BCUT2D eigenvalue weighted by molar-refractivity contribution is -0.384. The van der Waals surface area contributed by atoms with Crippen molar-refractivity contribution >= 4 is 16.5 Å². The third-order valence-corrected chi connectivity index (χ3v) is 4.56. The van der Waals surface area contributed by atoms with Gasteiger partial charge in [-0.15, -0.1) is 0 Å². The van der Waals surface area contributed by atoms with Gasteiger partial charge in [-0.05, 0) is 35.9 Å². The number of ether oxygens (including phenoxy) is 1. The van der Waals surface area contributed by atoms with E-state index < -0.39 is 4.92 Å². The summed E-state index contributed by atoms with van der Waals surface area (Å²) in [5.41, 5.74) is 2.83. The van der Waals surface area contributed by atoms with Crippen LogP contribution in [0.2, 0.25) is 0 Å². The van der Waals surface area contributed by atoms with E-state index in [-0.39, 0.29) is 5.69 Å². The number of nitro groups is 1. The third-order valence-electron chi connectivity index (χ3n) is 4.56. The average Bonchev–Trinajstić information content (AvgIpc) is 3.08. The highest BCUT2D eigenvalue weighted by molar-refractivity contribution is 5.99. The number of nitro benzene ring substituents is 1. The van der Waals surface area contributed by atoms with Crippen molar-refractivity contribution in [2.24, 2.45) is 0 Å². The number of aryl methyl sites for hydroxylation is 1. The van der Waals surface area contributed by atoms with Crippen LogP contribution in [0, 0.1) is 17.0 Å². The van der Waals surface area contributed by atoms with Crippen molar-refractivity contribution in [3.8, 4) is 22.7 Å². The smallest absolute Gasteiger partial charge is 0.294 e. The van der Waals surface area contributed by atoms with Crippen molar-refractivity contribution in [3.63, 3.8) is 0 Å². The molecule has 3 aromatic carbocycles. The third kappa shape index (κ3) is 2.81. The number of rotatable bonds is 4. The number of aromatic nitrogens is 2. The van der Waals surface area contributed by atoms with E-state index in [0.29, 0.717) is 17.1 Å². The normalized spacial score (nSPS) is 10.9. The summed E-state index contributed by atoms with van der Waals surface area (Å²) >= 11 is 0. The summed E-state index contributed by atoms with van der Waals surface area (Å²) in [6.07, 6.45) is 0. The standard InChI is InChI=1S/C21H17N3O3/c1-14-13-17(22-23(14)18-9-5-6-10-19(18)24(25)26)21-16-8-4-3-7-15(16)11-12-20(21)27-2/h3-13H,1-2H3. The van der Waals surface area contributed by atoms with Crippen LogP contribution in [0.15, 0.2) is 66.7 Å². The Morgan fingerprint density at radius 2 is 1.78 bits per heavy atom. The van der Waals surface area contributed by atoms with E-state index >= 15 is 0 Å². The second kappa shape index (κ2) is 6.57. The topological polar surface area (TPSA) is 70.2 Å². The van der Waals surface area contributed by atoms with Crippen LogP contribution in [0.4, 0.5) is 5.69 Å². The summed E-state index contributed by atoms with van der Waals surface area (Å²) in [6, 6.07) is 20.4. The first-order valence-electron chi connectivity index (χ1n) is 8.46. The van der Waals surface area contributed by atoms with Gasteiger partial charge in [0.2, 0.25) is 0 Å². The van der Waals surface area contributed by atoms with Gasteiger partial charge in [0.25, 0.3) is 5.69 Å². The molecule has 0 radical (unpaired) electrons. The maximum absolute atomic E-state index is 11.4. The molecule has 6 heteroatoms. The summed E-state index contributed by atoms with van der Waals surface area (Å²) in [5, 5.41) is 18.2. The van der Waals surface area contributed by atoms with Crippen molar-refractivity contribution in [2.45, 2.75) is 6.92 Å². The first-order valence-corrected chi connectivity index (χ1v) is 8.46. The maximum atomic E-state index is 11.4. The van der Waals surface area contributed by atoms with E-state index in [0.717, 1.165) is 22.0 Å². The number of para-hydroxylation sites is 2. The number of nitrogens with zero attached hydrogens (tertiary/aromatic N) is 3. The molecule has 0 unspecified atom stereocenters. The van der Waals surface area contributed by atoms with Gasteiger partial charge in [-0.2, -0.15) is 5.10 Å². The van der Waals surface area contributed by atoms with E-state index in [1.165, 1.54) is 6.07 Å². The van der Waals surface area contributed by atoms with Gasteiger partial charge in [0, 0.05) is 11.8 Å². The Bertz CT molecular complexity index is 1160. The molecule has 27 heavy (non-hydrogen) atoms. The zero-order chi connectivity index (χ0) is 19.0. The summed E-state index contributed by atoms with van der Waals surface area (Å²) in [5.74, 6) is 0.709. The van der Waals surface area contributed by atoms with Crippen LogP contribution in [0.25, 0.3) is 27.7 Å². The molecular formula is C21H17N3O3. The lowest BCUT2D eigenvalue weighted by Crippen LogP contribution is -2.03. The molecule has 1 aromatic heterocycles. The zero-order valence-electron chi connectivity index (χ0n) is 14.9. The van der Waals surface area contributed by atoms with Crippen molar-refractivity contribution < 1.29 is 9.66 Å². The Morgan fingerprint density at radius 3 is 2.56 bits per heavy atom. The molecule has 0 atom stereocenters. The number of hydrogen-bond donors (Lipinski definition) is 0. The fourth-order valence-electron chi connectivity index (χ4n) is 3.32. The van der Waals surface area contributed by atoms with Crippen molar-refractivity contribution in [2.75, 3.05) is 7.11 Å². The quantitative estimate of drug-likeness (QED) is 0.383. The van der Waals surface area contributed by atoms with Crippen LogP contribution in [0.3, 0.4) is 0 Å². The lowest BCUT2D eigenvalue weighted by Gasteiger charge is -2.10. The van der Waals surface area contributed by atoms with Crippen LogP contribution in [0.1, 0.15) is 5.69 Å². The first kappa shape index (κ1) is 16.8. The number of methoxy groups -OCH3 is 1. The molecule has 0 aliphatic heterocycles. The van der Waals surface area contributed by atoms with Crippen LogP contribution < -0.4 is 4.74 Å². The van der Waals surface area contributed by atoms with Gasteiger partial charge in [-0.3, -0.25) is 10.1 Å². The Hall–Kier alpha value is -3.67. The molecule has 0 saturated carbocycles. The minimum Gasteiger partial charge on any atom is -0.496 e. The molecule has 4 rings (SSSR count). The van der Waals surface area contributed by atoms with E-state index in [1.807, 2.05) is 49.4 Å². The second-order valence-corrected chi connectivity index (χ2v) is 6.19. The molecule has 4 aromatic rings. The molecule has 0 bridgehead atoms. The Morgan fingerprint density at radius 1 is 1.04 bits per heavy atom. The molecule has 0 fully saturated rings. The molecule has 0 aliphatic rings. The van der Waals surface area contributed by atoms with Crippen molar-refractivity contribution in [1.29, 1.82) is 0 Å². The van der Waals surface area contributed by atoms with Gasteiger partial charge in [0.1, 0.15) is 11.4 Å². The molecule has 0 spiro atoms. The minimum atomic E-state index is -0.394. The van der Waals surface area contributed by atoms with Crippen LogP contribution >= 0.6 is 0 Å². The van der Waals surface area contributed by atoms with Gasteiger partial charge in [-0.25, -0.2) is 4.68 Å². The fraction of sp³-hybridized carbons (Fsp3) is 0.0952. The van der Waals surface area contributed by atoms with Crippen LogP contribution in [-0.2, 0) is 0 Å². The summed E-state index contributed by atoms with van der Waals surface area (Å²) in [7, 11) is 1.62. The van der Waals surface area contributed by atoms with E-state index in [1.54, 1.807) is 30.0 Å². The number of benzene rings is 3. The van der Waals surface area contributed by atoms with Crippen LogP contribution in [0.5, 0.6) is 5.75 Å². The van der Waals surface area contributed by atoms with Gasteiger partial charge in [0.05, 0.1) is 23.3 Å². The highest BCUT2D eigenvalue weighted by Gasteiger charge is 2.20. The Labute approximate surface area is 155 Å². The van der Waals surface area contributed by atoms with E-state index in [4.69, 9.17) is 4.74 Å². The Balaban J connectivity index is 1.96. The zero-order valence-corrected chi connectivity index (χ0v) is 14.9. The fourth-order valence-corrected chi connectivity index (χ4v) is 3.32. The summed E-state index contributed by atoms with van der Waals surface area (Å²) < 4.78 is 7.17. The van der Waals surface area contributed by atoms with Crippen molar-refractivity contribution in [1.82, 2.24) is 9.78 Å². The number of fused-ring (bicyclic) bond motifs is 1. The minimum absolute atomic E-state index is 0.0140. The van der Waals surface area contributed by atoms with Crippen molar-refractivity contribution in [3.05, 3.63) is 82.5 Å². The molecule has 0 saturated heterocycles. The molecular weight excluding hydrogens is 342 g/mol. The average molecular weight is 359 g/mol. The molecule has 0 aliphatic carbocycles. The second-order valence-electron chi connectivity index (χ2n) is 6.19. The maximum Gasteiger partial charge on any atom is 0.294 e. The Kier molecular flexibility index (Phi) is 4.08. The molecule has 134 valence electrons. The van der Waals surface area contributed by atoms with Gasteiger partial charge < -0.3 is 4.74 Å². The van der Waals surface area contributed by atoms with Crippen LogP contribution in [-0.4, -0.2) is 21.8 Å². The van der Waals surface area contributed by atoms with Gasteiger partial charge in [-0.1, -0.05) is 42.5 Å². The highest BCUT2D eigenvalue weighted by Crippen LogP contribution is 2.37.